The lowest BCUT2D eigenvalue weighted by Crippen LogP contribution is -2.22. The number of aryl methyl sites for hydroxylation is 2. The van der Waals surface area contributed by atoms with E-state index in [2.05, 4.69) is 10.4 Å². The van der Waals surface area contributed by atoms with Gasteiger partial charge in [-0.1, -0.05) is 6.92 Å². The van der Waals surface area contributed by atoms with E-state index in [1.165, 1.54) is 0 Å². The van der Waals surface area contributed by atoms with Gasteiger partial charge in [0.15, 0.2) is 6.61 Å². The number of carbonyl (C=O) groups excluding carboxylic acids is 1. The van der Waals surface area contributed by atoms with Crippen LogP contribution in [0.5, 0.6) is 5.75 Å². The van der Waals surface area contributed by atoms with Crippen molar-refractivity contribution in [3.05, 3.63) is 41.2 Å². The van der Waals surface area contributed by atoms with Gasteiger partial charge in [-0.05, 0) is 50.1 Å². The van der Waals surface area contributed by atoms with E-state index in [1.807, 2.05) is 32.5 Å². The third kappa shape index (κ3) is 4.82. The van der Waals surface area contributed by atoms with Crippen LogP contribution in [0.4, 0.5) is 5.69 Å². The van der Waals surface area contributed by atoms with Crippen LogP contribution in [0.15, 0.2) is 24.3 Å². The maximum absolute atomic E-state index is 12.4. The monoisotopic (exact) mass is 345 g/mol. The number of aliphatic carboxylic acids is 1. The normalized spacial score (nSPS) is 11.8. The highest BCUT2D eigenvalue weighted by Gasteiger charge is 2.18. The van der Waals surface area contributed by atoms with Gasteiger partial charge in [0.2, 0.25) is 5.91 Å². The van der Waals surface area contributed by atoms with Gasteiger partial charge >= 0.3 is 5.97 Å². The van der Waals surface area contributed by atoms with Crippen LogP contribution >= 0.6 is 0 Å². The summed E-state index contributed by atoms with van der Waals surface area (Å²) in [5.41, 5.74) is 3.75. The lowest BCUT2D eigenvalue weighted by molar-refractivity contribution is -0.139. The fraction of sp³-hybridized carbons (Fsp3) is 0.389. The van der Waals surface area contributed by atoms with Crippen LogP contribution in [0.1, 0.15) is 23.9 Å². The molecule has 25 heavy (non-hydrogen) atoms. The summed E-state index contributed by atoms with van der Waals surface area (Å²) in [6.45, 7) is 5.43. The number of carbonyl (C=O) groups is 2. The Labute approximate surface area is 146 Å². The minimum Gasteiger partial charge on any atom is -0.482 e. The third-order valence-corrected chi connectivity index (χ3v) is 4.10. The predicted molar refractivity (Wildman–Crippen MR) is 93.8 cm³/mol. The van der Waals surface area contributed by atoms with Crippen LogP contribution in [0.25, 0.3) is 0 Å². The van der Waals surface area contributed by atoms with Crippen LogP contribution in [0.3, 0.4) is 0 Å². The van der Waals surface area contributed by atoms with Gasteiger partial charge in [-0.3, -0.25) is 9.48 Å². The van der Waals surface area contributed by atoms with Gasteiger partial charge in [0.1, 0.15) is 5.75 Å². The summed E-state index contributed by atoms with van der Waals surface area (Å²) in [4.78, 5) is 22.9. The molecule has 0 aliphatic carbocycles. The number of hydrogen-bond donors (Lipinski definition) is 2. The number of carboxylic acid groups (broad SMARTS) is 1. The molecule has 0 saturated carbocycles. The van der Waals surface area contributed by atoms with Gasteiger partial charge in [-0.2, -0.15) is 5.10 Å². The van der Waals surface area contributed by atoms with Crippen molar-refractivity contribution in [2.45, 2.75) is 27.2 Å². The lowest BCUT2D eigenvalue weighted by atomic mass is 9.99. The van der Waals surface area contributed by atoms with Gasteiger partial charge in [0, 0.05) is 24.3 Å². The van der Waals surface area contributed by atoms with Crippen LogP contribution in [-0.4, -0.2) is 33.4 Å². The van der Waals surface area contributed by atoms with Crippen molar-refractivity contribution in [3.63, 3.8) is 0 Å². The molecule has 7 heteroatoms. The standard InChI is InChI=1S/C18H23N3O4/c1-11(9-16-12(2)20-21(4)13(16)3)18(24)19-14-5-7-15(8-6-14)25-10-17(22)23/h5-8,11H,9-10H2,1-4H3,(H,19,24)(H,22,23). The number of aromatic nitrogens is 2. The summed E-state index contributed by atoms with van der Waals surface area (Å²) < 4.78 is 6.89. The maximum atomic E-state index is 12.4. The van der Waals surface area contributed by atoms with E-state index in [9.17, 15) is 9.59 Å². The van der Waals surface area contributed by atoms with Crippen molar-refractivity contribution in [1.82, 2.24) is 9.78 Å². The molecule has 0 saturated heterocycles. The van der Waals surface area contributed by atoms with E-state index in [0.29, 0.717) is 17.9 Å². The maximum Gasteiger partial charge on any atom is 0.341 e. The van der Waals surface area contributed by atoms with Crippen LogP contribution < -0.4 is 10.1 Å². The van der Waals surface area contributed by atoms with Crippen molar-refractivity contribution >= 4 is 17.6 Å². The first-order valence-corrected chi connectivity index (χ1v) is 8.02. The van der Waals surface area contributed by atoms with Gasteiger partial charge in [0.25, 0.3) is 0 Å². The minimum absolute atomic E-state index is 0.0816. The number of benzene rings is 1. The Morgan fingerprint density at radius 3 is 2.44 bits per heavy atom. The van der Waals surface area contributed by atoms with Gasteiger partial charge in [-0.15, -0.1) is 0 Å². The molecule has 0 bridgehead atoms. The quantitative estimate of drug-likeness (QED) is 0.803. The number of nitrogens with one attached hydrogen (secondary N) is 1. The van der Waals surface area contributed by atoms with Crippen molar-refractivity contribution in [1.29, 1.82) is 0 Å². The first-order chi connectivity index (χ1) is 11.8. The number of hydrogen-bond acceptors (Lipinski definition) is 4. The average molecular weight is 345 g/mol. The Bertz CT molecular complexity index is 765. The molecule has 0 fully saturated rings. The molecule has 134 valence electrons. The Hall–Kier alpha value is -2.83. The molecule has 1 unspecified atom stereocenters. The zero-order valence-corrected chi connectivity index (χ0v) is 14.9. The molecule has 1 amide bonds. The molecule has 7 nitrogen and oxygen atoms in total. The summed E-state index contributed by atoms with van der Waals surface area (Å²) >= 11 is 0. The van der Waals surface area contributed by atoms with E-state index in [4.69, 9.17) is 9.84 Å². The summed E-state index contributed by atoms with van der Waals surface area (Å²) in [6.07, 6.45) is 0.622. The average Bonchev–Trinajstić information content (AvgIpc) is 2.80. The second-order valence-corrected chi connectivity index (χ2v) is 6.07. The Morgan fingerprint density at radius 2 is 1.92 bits per heavy atom. The Morgan fingerprint density at radius 1 is 1.28 bits per heavy atom. The molecular weight excluding hydrogens is 322 g/mol. The van der Waals surface area contributed by atoms with Gasteiger partial charge < -0.3 is 15.2 Å². The van der Waals surface area contributed by atoms with E-state index in [-0.39, 0.29) is 11.8 Å². The highest BCUT2D eigenvalue weighted by molar-refractivity contribution is 5.92. The Kier molecular flexibility index (Phi) is 5.80. The lowest BCUT2D eigenvalue weighted by Gasteiger charge is -2.13. The number of ether oxygens (including phenoxy) is 1. The highest BCUT2D eigenvalue weighted by Crippen LogP contribution is 2.20. The van der Waals surface area contributed by atoms with Crippen molar-refractivity contribution in [3.8, 4) is 5.75 Å². The molecule has 1 heterocycles. The molecule has 0 spiro atoms. The third-order valence-electron chi connectivity index (χ3n) is 4.10. The van der Waals surface area contributed by atoms with Gasteiger partial charge in [-0.25, -0.2) is 4.79 Å². The van der Waals surface area contributed by atoms with Crippen molar-refractivity contribution < 1.29 is 19.4 Å². The fourth-order valence-corrected chi connectivity index (χ4v) is 2.56. The zero-order valence-electron chi connectivity index (χ0n) is 14.9. The van der Waals surface area contributed by atoms with Crippen LogP contribution in [-0.2, 0) is 23.1 Å². The summed E-state index contributed by atoms with van der Waals surface area (Å²) in [7, 11) is 1.89. The fourth-order valence-electron chi connectivity index (χ4n) is 2.56. The minimum atomic E-state index is -1.04. The summed E-state index contributed by atoms with van der Waals surface area (Å²) in [5.74, 6) is -0.881. The number of carboxylic acids is 1. The topological polar surface area (TPSA) is 93.5 Å². The van der Waals surface area contributed by atoms with Crippen molar-refractivity contribution in [2.75, 3.05) is 11.9 Å². The van der Waals surface area contributed by atoms with E-state index in [0.717, 1.165) is 17.0 Å². The van der Waals surface area contributed by atoms with E-state index < -0.39 is 12.6 Å². The number of nitrogens with zero attached hydrogens (tertiary/aromatic N) is 2. The molecule has 2 N–H and O–H groups in total. The smallest absolute Gasteiger partial charge is 0.341 e. The SMILES string of the molecule is Cc1nn(C)c(C)c1CC(C)C(=O)Nc1ccc(OCC(=O)O)cc1. The largest absolute Gasteiger partial charge is 0.482 e. The molecule has 2 rings (SSSR count). The molecule has 1 aromatic carbocycles. The van der Waals surface area contributed by atoms with Crippen molar-refractivity contribution in [2.24, 2.45) is 13.0 Å². The second-order valence-electron chi connectivity index (χ2n) is 6.07. The molecule has 0 aliphatic rings. The van der Waals surface area contributed by atoms with E-state index >= 15 is 0 Å². The molecule has 1 aromatic heterocycles. The first-order valence-electron chi connectivity index (χ1n) is 8.02. The molecular formula is C18H23N3O4. The van der Waals surface area contributed by atoms with E-state index in [1.54, 1.807) is 24.3 Å². The Balaban J connectivity index is 1.95. The molecule has 0 radical (unpaired) electrons. The van der Waals surface area contributed by atoms with Crippen LogP contribution in [0, 0.1) is 19.8 Å². The first kappa shape index (κ1) is 18.5. The summed E-state index contributed by atoms with van der Waals surface area (Å²) in [6, 6.07) is 6.61. The number of anilines is 1. The number of rotatable bonds is 7. The second kappa shape index (κ2) is 7.83. The van der Waals surface area contributed by atoms with Crippen LogP contribution in [0.2, 0.25) is 0 Å². The zero-order chi connectivity index (χ0) is 18.6. The molecule has 0 aliphatic heterocycles. The predicted octanol–water partition coefficient (Wildman–Crippen LogP) is 2.32. The summed E-state index contributed by atoms with van der Waals surface area (Å²) in [5, 5.41) is 15.8. The highest BCUT2D eigenvalue weighted by atomic mass is 16.5. The number of amides is 1. The molecule has 2 aromatic rings. The molecule has 1 atom stereocenters. The van der Waals surface area contributed by atoms with Gasteiger partial charge in [0.05, 0.1) is 5.69 Å².